The number of benzene rings is 1. The minimum absolute atomic E-state index is 0.0257. The Hall–Kier alpha value is -2.64. The highest BCUT2D eigenvalue weighted by atomic mass is 16.5. The average molecular weight is 358 g/mol. The van der Waals surface area contributed by atoms with E-state index in [9.17, 15) is 19.8 Å². The number of aliphatic hydroxyl groups excluding tert-OH is 1. The Labute approximate surface area is 151 Å². The molecule has 0 radical (unpaired) electrons. The number of likely N-dealkylation sites (tertiary alicyclic amines) is 1. The van der Waals surface area contributed by atoms with Crippen LogP contribution >= 0.6 is 0 Å². The predicted octanol–water partition coefficient (Wildman–Crippen LogP) is 0.462. The highest BCUT2D eigenvalue weighted by Gasteiger charge is 2.42. The lowest BCUT2D eigenvalue weighted by atomic mass is 9.86. The van der Waals surface area contributed by atoms with E-state index in [0.717, 1.165) is 5.56 Å². The van der Waals surface area contributed by atoms with Crippen LogP contribution in [0.15, 0.2) is 53.5 Å². The van der Waals surface area contributed by atoms with Crippen LogP contribution in [0.25, 0.3) is 0 Å². The number of carbonyl (C=O) groups is 1. The molecule has 138 valence electrons. The van der Waals surface area contributed by atoms with Gasteiger partial charge in [-0.05, 0) is 23.8 Å². The number of nitrogens with zero attached hydrogens (tertiary/aromatic N) is 1. The molecule has 1 aliphatic heterocycles. The molecule has 0 aliphatic carbocycles. The Morgan fingerprint density at radius 1 is 1.31 bits per heavy atom. The molecule has 2 aromatic rings. The number of H-pyrrole nitrogens is 1. The van der Waals surface area contributed by atoms with E-state index in [1.165, 1.54) is 12.3 Å². The normalized spacial score (nSPS) is 25.6. The van der Waals surface area contributed by atoms with Gasteiger partial charge in [0.25, 0.3) is 6.09 Å². The Morgan fingerprint density at radius 3 is 2.73 bits per heavy atom. The van der Waals surface area contributed by atoms with Gasteiger partial charge in [-0.1, -0.05) is 18.2 Å². The fourth-order valence-corrected chi connectivity index (χ4v) is 3.55. The maximum Gasteiger partial charge on any atom is 0.257 e. The summed E-state index contributed by atoms with van der Waals surface area (Å²) in [5.41, 5.74) is 0.482. The monoisotopic (exact) mass is 358 g/mol. The van der Waals surface area contributed by atoms with Gasteiger partial charge in [-0.15, -0.1) is 0 Å². The number of ether oxygens (including phenoxy) is 1. The van der Waals surface area contributed by atoms with E-state index in [1.807, 2.05) is 18.2 Å². The maximum absolute atomic E-state index is 11.8. The summed E-state index contributed by atoms with van der Waals surface area (Å²) < 4.78 is 5.26. The molecule has 1 aromatic heterocycles. The van der Waals surface area contributed by atoms with Gasteiger partial charge >= 0.3 is 0 Å². The van der Waals surface area contributed by atoms with Gasteiger partial charge in [-0.25, -0.2) is 0 Å². The number of para-hydroxylation sites is 1. The summed E-state index contributed by atoms with van der Waals surface area (Å²) in [6, 6.07) is 12.4. The quantitative estimate of drug-likeness (QED) is 0.756. The second kappa shape index (κ2) is 7.72. The molecule has 0 saturated carbocycles. The lowest BCUT2D eigenvalue weighted by Gasteiger charge is -2.45. The Balaban J connectivity index is 1.67. The van der Waals surface area contributed by atoms with E-state index in [-0.39, 0.29) is 35.7 Å². The van der Waals surface area contributed by atoms with Crippen LogP contribution in [-0.4, -0.2) is 53.0 Å². The summed E-state index contributed by atoms with van der Waals surface area (Å²) in [6.07, 6.45) is -0.109. The minimum atomic E-state index is -1.22. The Bertz CT molecular complexity index is 807. The van der Waals surface area contributed by atoms with Crippen LogP contribution in [0.4, 0.5) is 4.79 Å². The molecule has 0 bridgehead atoms. The van der Waals surface area contributed by atoms with Crippen molar-refractivity contribution in [1.82, 2.24) is 4.98 Å². The lowest BCUT2D eigenvalue weighted by Crippen LogP contribution is -2.66. The summed E-state index contributed by atoms with van der Waals surface area (Å²) in [4.78, 5) is 25.8. The zero-order valence-corrected chi connectivity index (χ0v) is 14.3. The lowest BCUT2D eigenvalue weighted by molar-refractivity contribution is -0.884. The maximum atomic E-state index is 11.8. The molecule has 7 heteroatoms. The first-order valence-corrected chi connectivity index (χ1v) is 8.62. The molecule has 1 aliphatic rings. The van der Waals surface area contributed by atoms with Crippen molar-refractivity contribution < 1.29 is 24.2 Å². The van der Waals surface area contributed by atoms with Crippen LogP contribution in [0, 0.1) is 0 Å². The molecule has 0 spiro atoms. The topological polar surface area (TPSA) is 102 Å². The third kappa shape index (κ3) is 3.95. The van der Waals surface area contributed by atoms with E-state index in [2.05, 4.69) is 4.98 Å². The van der Waals surface area contributed by atoms with E-state index in [0.29, 0.717) is 18.7 Å². The summed E-state index contributed by atoms with van der Waals surface area (Å²) in [5, 5.41) is 22.4. The first kappa shape index (κ1) is 18.2. The van der Waals surface area contributed by atoms with Gasteiger partial charge < -0.3 is 24.7 Å². The van der Waals surface area contributed by atoms with Crippen LogP contribution in [0.1, 0.15) is 17.9 Å². The second-order valence-corrected chi connectivity index (χ2v) is 6.65. The molecule has 1 fully saturated rings. The van der Waals surface area contributed by atoms with Gasteiger partial charge in [0.05, 0.1) is 6.54 Å². The number of rotatable bonds is 5. The summed E-state index contributed by atoms with van der Waals surface area (Å²) >= 11 is 0. The molecule has 2 heterocycles. The van der Waals surface area contributed by atoms with Crippen molar-refractivity contribution >= 4 is 6.09 Å². The number of hydrogen-bond donors (Lipinski definition) is 2. The fourth-order valence-electron chi connectivity index (χ4n) is 3.55. The number of hydrogen-bond acceptors (Lipinski definition) is 5. The number of nitrogens with one attached hydrogen (secondary N) is 1. The minimum Gasteiger partial charge on any atom is -0.498 e. The molecule has 2 N–H and O–H groups in total. The molecule has 1 aromatic carbocycles. The van der Waals surface area contributed by atoms with Crippen LogP contribution < -0.4 is 15.4 Å². The fraction of sp³-hybridized carbons (Fsp3) is 0.368. The summed E-state index contributed by atoms with van der Waals surface area (Å²) in [5.74, 6) is 0.404. The molecular formula is C19H22N2O5. The molecule has 1 amide bonds. The number of quaternary nitrogens is 1. The third-order valence-corrected chi connectivity index (χ3v) is 5.01. The Morgan fingerprint density at radius 2 is 2.08 bits per heavy atom. The molecule has 1 saturated heterocycles. The van der Waals surface area contributed by atoms with Crippen molar-refractivity contribution in [2.45, 2.75) is 18.4 Å². The van der Waals surface area contributed by atoms with E-state index in [4.69, 9.17) is 4.74 Å². The van der Waals surface area contributed by atoms with Crippen molar-refractivity contribution in [3.05, 3.63) is 64.6 Å². The van der Waals surface area contributed by atoms with Crippen molar-refractivity contribution in [2.75, 3.05) is 26.2 Å². The highest BCUT2D eigenvalue weighted by Crippen LogP contribution is 2.31. The van der Waals surface area contributed by atoms with Crippen molar-refractivity contribution in [3.8, 4) is 5.75 Å². The first-order valence-electron chi connectivity index (χ1n) is 8.62. The second-order valence-electron chi connectivity index (χ2n) is 6.65. The number of carboxylic acid groups (broad SMARTS) is 1. The van der Waals surface area contributed by atoms with E-state index >= 15 is 0 Å². The van der Waals surface area contributed by atoms with Crippen molar-refractivity contribution in [2.24, 2.45) is 0 Å². The Kier molecular flexibility index (Phi) is 5.39. The van der Waals surface area contributed by atoms with Gasteiger partial charge in [0.1, 0.15) is 31.5 Å². The van der Waals surface area contributed by atoms with Crippen LogP contribution in [-0.2, 0) is 0 Å². The van der Waals surface area contributed by atoms with Crippen LogP contribution in [0.5, 0.6) is 5.75 Å². The van der Waals surface area contributed by atoms with Gasteiger partial charge in [0, 0.05) is 24.6 Å². The number of aromatic nitrogens is 1. The van der Waals surface area contributed by atoms with Gasteiger partial charge in [-0.3, -0.25) is 9.28 Å². The average Bonchev–Trinajstić information content (AvgIpc) is 2.62. The molecule has 7 nitrogen and oxygen atoms in total. The number of aliphatic hydroxyl groups is 1. The van der Waals surface area contributed by atoms with Gasteiger partial charge in [-0.2, -0.15) is 0 Å². The SMILES string of the molecule is O=C([O-])[N+]1(CCOc2ccccc2)CCC(c2cc[nH]c(=O)c2)C(O)C1. The molecule has 3 atom stereocenters. The molecule has 3 unspecified atom stereocenters. The van der Waals surface area contributed by atoms with Crippen molar-refractivity contribution in [1.29, 1.82) is 0 Å². The van der Waals surface area contributed by atoms with Crippen LogP contribution in [0.2, 0.25) is 0 Å². The summed E-state index contributed by atoms with van der Waals surface area (Å²) in [6.45, 7) is 0.754. The van der Waals surface area contributed by atoms with E-state index in [1.54, 1.807) is 18.2 Å². The number of aromatic amines is 1. The zero-order chi connectivity index (χ0) is 18.6. The largest absolute Gasteiger partial charge is 0.498 e. The summed E-state index contributed by atoms with van der Waals surface area (Å²) in [7, 11) is 0. The van der Waals surface area contributed by atoms with Crippen LogP contribution in [0.3, 0.4) is 0 Å². The molecular weight excluding hydrogens is 336 g/mol. The van der Waals surface area contributed by atoms with Crippen molar-refractivity contribution in [3.63, 3.8) is 0 Å². The van der Waals surface area contributed by atoms with Gasteiger partial charge in [0.2, 0.25) is 5.56 Å². The molecule has 3 rings (SSSR count). The number of amides is 1. The molecule has 26 heavy (non-hydrogen) atoms. The zero-order valence-electron chi connectivity index (χ0n) is 14.3. The highest BCUT2D eigenvalue weighted by molar-refractivity contribution is 5.54. The number of pyridine rings is 1. The third-order valence-electron chi connectivity index (χ3n) is 5.01. The first-order chi connectivity index (χ1) is 12.5. The van der Waals surface area contributed by atoms with E-state index < -0.39 is 12.2 Å². The smallest absolute Gasteiger partial charge is 0.257 e. The number of carbonyl (C=O) groups excluding carboxylic acids is 1. The van der Waals surface area contributed by atoms with Gasteiger partial charge in [0.15, 0.2) is 0 Å². The standard InChI is InChI=1S/C19H22N2O5/c22-17-13-21(19(24)25,10-11-26-15-4-2-1-3-5-15)9-7-16(17)14-6-8-20-18(23)12-14/h1-6,8,12,16-17,22H,7,9-11,13H2,(H-,20,23,24,25). The predicted molar refractivity (Wildman–Crippen MR) is 92.6 cm³/mol. The number of piperidine rings is 1.